The Labute approximate surface area is 134 Å². The second-order valence-electron chi connectivity index (χ2n) is 5.10. The Balaban J connectivity index is 3.53. The normalized spacial score (nSPS) is 12.1. The van der Waals surface area contributed by atoms with E-state index in [0.29, 0.717) is 23.0 Å². The van der Waals surface area contributed by atoms with E-state index in [1.54, 1.807) is 20.8 Å². The zero-order valence-electron chi connectivity index (χ0n) is 12.6. The van der Waals surface area contributed by atoms with E-state index >= 15 is 0 Å². The summed E-state index contributed by atoms with van der Waals surface area (Å²) in [7, 11) is -3.73. The minimum Gasteiger partial charge on any atom is -0.478 e. The summed E-state index contributed by atoms with van der Waals surface area (Å²) >= 11 is 3.24. The molecule has 0 bridgehead atoms. The van der Waals surface area contributed by atoms with Gasteiger partial charge in [0.25, 0.3) is 0 Å². The van der Waals surface area contributed by atoms with E-state index in [9.17, 15) is 13.2 Å². The van der Waals surface area contributed by atoms with Crippen molar-refractivity contribution >= 4 is 31.9 Å². The molecule has 0 fully saturated rings. The fourth-order valence-corrected chi connectivity index (χ4v) is 4.64. The fraction of sp³-hybridized carbons (Fsp3) is 0.500. The zero-order valence-corrected chi connectivity index (χ0v) is 15.0. The lowest BCUT2D eigenvalue weighted by molar-refractivity contribution is 0.0696. The first-order valence-corrected chi connectivity index (χ1v) is 8.91. The molecular weight excluding hydrogens is 358 g/mol. The molecule has 118 valence electrons. The van der Waals surface area contributed by atoms with Crippen LogP contribution >= 0.6 is 15.9 Å². The van der Waals surface area contributed by atoms with Crippen LogP contribution in [0, 0.1) is 6.92 Å². The molecule has 0 spiro atoms. The van der Waals surface area contributed by atoms with E-state index in [1.165, 1.54) is 16.4 Å². The summed E-state index contributed by atoms with van der Waals surface area (Å²) in [6.45, 7) is 7.57. The predicted molar refractivity (Wildman–Crippen MR) is 85.2 cm³/mol. The molecule has 1 aromatic carbocycles. The fourth-order valence-electron chi connectivity index (χ4n) is 2.05. The molecule has 0 unspecified atom stereocenters. The quantitative estimate of drug-likeness (QED) is 0.825. The second kappa shape index (κ2) is 6.89. The molecule has 0 heterocycles. The van der Waals surface area contributed by atoms with Gasteiger partial charge in [-0.2, -0.15) is 4.31 Å². The van der Waals surface area contributed by atoms with E-state index in [1.807, 2.05) is 6.92 Å². The van der Waals surface area contributed by atoms with Gasteiger partial charge in [0, 0.05) is 17.1 Å². The number of hydrogen-bond acceptors (Lipinski definition) is 3. The molecule has 0 radical (unpaired) electrons. The molecule has 21 heavy (non-hydrogen) atoms. The zero-order chi connectivity index (χ0) is 16.4. The van der Waals surface area contributed by atoms with Crippen LogP contribution in [0.2, 0.25) is 0 Å². The first-order chi connectivity index (χ1) is 9.62. The van der Waals surface area contributed by atoms with Gasteiger partial charge in [-0.15, -0.1) is 0 Å². The number of nitrogens with zero attached hydrogens (tertiary/aromatic N) is 1. The standard InChI is InChI=1S/C14H20BrNO4S/c1-5-6-16(9(2)3)21(19,20)13-8-11(14(17)18)7-12(15)10(13)4/h7-9H,5-6H2,1-4H3,(H,17,18). The molecule has 0 amide bonds. The minimum absolute atomic E-state index is 0.0384. The van der Waals surface area contributed by atoms with Crippen molar-refractivity contribution in [3.8, 4) is 0 Å². The molecule has 1 N–H and O–H groups in total. The lowest BCUT2D eigenvalue weighted by Crippen LogP contribution is -2.38. The Hall–Kier alpha value is -0.920. The number of benzene rings is 1. The molecule has 0 aliphatic heterocycles. The van der Waals surface area contributed by atoms with Crippen LogP contribution in [-0.4, -0.2) is 36.4 Å². The number of carboxylic acids is 1. The van der Waals surface area contributed by atoms with Crippen molar-refractivity contribution in [2.24, 2.45) is 0 Å². The van der Waals surface area contributed by atoms with Gasteiger partial charge in [-0.05, 0) is 44.9 Å². The number of halogens is 1. The molecule has 0 aliphatic carbocycles. The number of aromatic carboxylic acids is 1. The van der Waals surface area contributed by atoms with Crippen LogP contribution in [-0.2, 0) is 10.0 Å². The third kappa shape index (κ3) is 3.84. The van der Waals surface area contributed by atoms with Gasteiger partial charge in [-0.25, -0.2) is 13.2 Å². The summed E-state index contributed by atoms with van der Waals surface area (Å²) in [4.78, 5) is 11.2. The number of carboxylic acid groups (broad SMARTS) is 1. The van der Waals surface area contributed by atoms with Crippen LogP contribution in [0.4, 0.5) is 0 Å². The molecular formula is C14H20BrNO4S. The number of hydrogen-bond donors (Lipinski definition) is 1. The summed E-state index contributed by atoms with van der Waals surface area (Å²) in [5.41, 5.74) is 0.466. The van der Waals surface area contributed by atoms with Gasteiger partial charge < -0.3 is 5.11 Å². The third-order valence-corrected chi connectivity index (χ3v) is 6.18. The van der Waals surface area contributed by atoms with E-state index in [2.05, 4.69) is 15.9 Å². The minimum atomic E-state index is -3.73. The van der Waals surface area contributed by atoms with E-state index in [-0.39, 0.29) is 16.5 Å². The molecule has 0 atom stereocenters. The lowest BCUT2D eigenvalue weighted by Gasteiger charge is -2.26. The van der Waals surface area contributed by atoms with Crippen molar-refractivity contribution in [2.75, 3.05) is 6.54 Å². The maximum absolute atomic E-state index is 12.8. The highest BCUT2D eigenvalue weighted by molar-refractivity contribution is 9.10. The van der Waals surface area contributed by atoms with Gasteiger partial charge in [-0.1, -0.05) is 22.9 Å². The Kier molecular flexibility index (Phi) is 5.95. The maximum atomic E-state index is 12.8. The average Bonchev–Trinajstić information content (AvgIpc) is 2.37. The van der Waals surface area contributed by atoms with Crippen molar-refractivity contribution in [3.63, 3.8) is 0 Å². The van der Waals surface area contributed by atoms with Gasteiger partial charge in [0.15, 0.2) is 0 Å². The van der Waals surface area contributed by atoms with Gasteiger partial charge >= 0.3 is 5.97 Å². The topological polar surface area (TPSA) is 74.7 Å². The summed E-state index contributed by atoms with van der Waals surface area (Å²) in [5.74, 6) is -1.15. The molecule has 0 saturated heterocycles. The van der Waals surface area contributed by atoms with Crippen molar-refractivity contribution in [2.45, 2.75) is 45.1 Å². The summed E-state index contributed by atoms with van der Waals surface area (Å²) in [5, 5.41) is 9.11. The second-order valence-corrected chi connectivity index (χ2v) is 7.81. The van der Waals surface area contributed by atoms with E-state index < -0.39 is 16.0 Å². The number of rotatable bonds is 6. The number of carbonyl (C=O) groups is 1. The molecule has 1 rings (SSSR count). The summed E-state index contributed by atoms with van der Waals surface area (Å²) in [6.07, 6.45) is 0.691. The Morgan fingerprint density at radius 2 is 1.95 bits per heavy atom. The van der Waals surface area contributed by atoms with Crippen molar-refractivity contribution in [3.05, 3.63) is 27.7 Å². The molecule has 0 aromatic heterocycles. The summed E-state index contributed by atoms with van der Waals surface area (Å²) < 4.78 is 27.5. The summed E-state index contributed by atoms with van der Waals surface area (Å²) in [6, 6.07) is 2.44. The van der Waals surface area contributed by atoms with E-state index in [4.69, 9.17) is 5.11 Å². The Morgan fingerprint density at radius 3 is 2.38 bits per heavy atom. The lowest BCUT2D eigenvalue weighted by atomic mass is 10.1. The third-order valence-electron chi connectivity index (χ3n) is 3.15. The van der Waals surface area contributed by atoms with Crippen molar-refractivity contribution < 1.29 is 18.3 Å². The first-order valence-electron chi connectivity index (χ1n) is 6.68. The highest BCUT2D eigenvalue weighted by Gasteiger charge is 2.29. The monoisotopic (exact) mass is 377 g/mol. The van der Waals surface area contributed by atoms with Crippen molar-refractivity contribution in [1.29, 1.82) is 0 Å². The van der Waals surface area contributed by atoms with Crippen LogP contribution < -0.4 is 0 Å². The van der Waals surface area contributed by atoms with Gasteiger partial charge in [-0.3, -0.25) is 0 Å². The number of sulfonamides is 1. The Morgan fingerprint density at radius 1 is 1.38 bits per heavy atom. The van der Waals surface area contributed by atoms with Crippen LogP contribution in [0.5, 0.6) is 0 Å². The van der Waals surface area contributed by atoms with Crippen LogP contribution in [0.25, 0.3) is 0 Å². The molecule has 7 heteroatoms. The van der Waals surface area contributed by atoms with Crippen molar-refractivity contribution in [1.82, 2.24) is 4.31 Å². The predicted octanol–water partition coefficient (Wildman–Crippen LogP) is 3.26. The Bertz CT molecular complexity index is 641. The molecule has 1 aromatic rings. The van der Waals surface area contributed by atoms with Gasteiger partial charge in [0.2, 0.25) is 10.0 Å². The largest absolute Gasteiger partial charge is 0.478 e. The highest BCUT2D eigenvalue weighted by atomic mass is 79.9. The highest BCUT2D eigenvalue weighted by Crippen LogP contribution is 2.29. The SMILES string of the molecule is CCCN(C(C)C)S(=O)(=O)c1cc(C(=O)O)cc(Br)c1C. The van der Waals surface area contributed by atoms with Crippen LogP contribution in [0.15, 0.2) is 21.5 Å². The first kappa shape index (κ1) is 18.1. The van der Waals surface area contributed by atoms with Crippen LogP contribution in [0.3, 0.4) is 0 Å². The van der Waals surface area contributed by atoms with Gasteiger partial charge in [0.05, 0.1) is 10.5 Å². The van der Waals surface area contributed by atoms with Crippen LogP contribution in [0.1, 0.15) is 43.1 Å². The molecule has 0 aliphatic rings. The van der Waals surface area contributed by atoms with E-state index in [0.717, 1.165) is 0 Å². The smallest absolute Gasteiger partial charge is 0.335 e. The molecule has 0 saturated carbocycles. The molecule has 5 nitrogen and oxygen atoms in total. The maximum Gasteiger partial charge on any atom is 0.335 e. The average molecular weight is 378 g/mol. The van der Waals surface area contributed by atoms with Gasteiger partial charge in [0.1, 0.15) is 0 Å².